The Hall–Kier alpha value is -3.78. The predicted octanol–water partition coefficient (Wildman–Crippen LogP) is 4.11. The molecule has 2 aromatic carbocycles. The Kier molecular flexibility index (Phi) is 6.22. The van der Waals surface area contributed by atoms with Crippen LogP contribution in [0.15, 0.2) is 55.1 Å². The molecule has 8 nitrogen and oxygen atoms in total. The Bertz CT molecular complexity index is 1330. The quantitative estimate of drug-likeness (QED) is 0.239. The molecule has 0 bridgehead atoms. The van der Waals surface area contributed by atoms with Crippen molar-refractivity contribution in [1.82, 2.24) is 20.1 Å². The maximum Gasteiger partial charge on any atom is 0.328 e. The Labute approximate surface area is 210 Å². The Morgan fingerprint density at radius 1 is 1.25 bits per heavy atom. The smallest absolute Gasteiger partial charge is 0.328 e. The number of aromatic hydroxyl groups is 1. The van der Waals surface area contributed by atoms with Crippen LogP contribution in [-0.4, -0.2) is 64.1 Å². The van der Waals surface area contributed by atoms with Gasteiger partial charge in [0.1, 0.15) is 23.1 Å². The number of hydrogen-bond donors (Lipinski definition) is 3. The van der Waals surface area contributed by atoms with E-state index in [4.69, 9.17) is 4.74 Å². The number of methoxy groups -OCH3 is 1. The van der Waals surface area contributed by atoms with Crippen LogP contribution in [0, 0.1) is 0 Å². The van der Waals surface area contributed by atoms with E-state index >= 15 is 0 Å². The zero-order valence-corrected chi connectivity index (χ0v) is 20.7. The van der Waals surface area contributed by atoms with Crippen molar-refractivity contribution in [2.24, 2.45) is 0 Å². The second-order valence-corrected chi connectivity index (χ2v) is 9.67. The zero-order chi connectivity index (χ0) is 25.4. The predicted molar refractivity (Wildman–Crippen MR) is 138 cm³/mol. The summed E-state index contributed by atoms with van der Waals surface area (Å²) in [4.78, 5) is 34.2. The van der Waals surface area contributed by atoms with Crippen molar-refractivity contribution >= 4 is 22.8 Å². The van der Waals surface area contributed by atoms with Gasteiger partial charge in [-0.15, -0.1) is 6.58 Å². The molecule has 0 unspecified atom stereocenters. The van der Waals surface area contributed by atoms with Crippen LogP contribution in [-0.2, 0) is 11.2 Å². The number of hydrogen-bond acceptors (Lipinski definition) is 5. The number of carbonyl (C=O) groups excluding carboxylic acids is 2. The van der Waals surface area contributed by atoms with E-state index in [1.807, 2.05) is 37.3 Å². The molecule has 3 aromatic rings. The van der Waals surface area contributed by atoms with E-state index in [-0.39, 0.29) is 17.7 Å². The highest BCUT2D eigenvalue weighted by Gasteiger charge is 2.60. The summed E-state index contributed by atoms with van der Waals surface area (Å²) >= 11 is 0. The normalized spacial score (nSPS) is 21.1. The minimum Gasteiger partial charge on any atom is -0.508 e. The number of benzene rings is 2. The molecule has 2 aliphatic heterocycles. The van der Waals surface area contributed by atoms with E-state index < -0.39 is 11.6 Å². The summed E-state index contributed by atoms with van der Waals surface area (Å²) in [6.45, 7) is 7.45. The van der Waals surface area contributed by atoms with Crippen molar-refractivity contribution in [1.29, 1.82) is 0 Å². The Balaban J connectivity index is 1.56. The first kappa shape index (κ1) is 23.9. The number of carbonyl (C=O) groups is 2. The number of aromatic amines is 1. The fraction of sp³-hybridized carbons (Fsp3) is 0.357. The van der Waals surface area contributed by atoms with Gasteiger partial charge in [0.25, 0.3) is 5.91 Å². The van der Waals surface area contributed by atoms with Crippen LogP contribution in [0.4, 0.5) is 4.79 Å². The molecular formula is C28H32N4O4. The molecule has 3 amide bonds. The minimum absolute atomic E-state index is 0.111. The van der Waals surface area contributed by atoms with Gasteiger partial charge in [0.15, 0.2) is 0 Å². The van der Waals surface area contributed by atoms with Gasteiger partial charge in [-0.2, -0.15) is 0 Å². The fourth-order valence-electron chi connectivity index (χ4n) is 5.55. The zero-order valence-electron chi connectivity index (χ0n) is 20.7. The molecule has 8 heteroatoms. The molecule has 1 fully saturated rings. The molecule has 5 rings (SSSR count). The largest absolute Gasteiger partial charge is 0.508 e. The van der Waals surface area contributed by atoms with Crippen molar-refractivity contribution in [3.63, 3.8) is 0 Å². The third-order valence-corrected chi connectivity index (χ3v) is 7.32. The molecule has 1 saturated heterocycles. The number of phenolic OH excluding ortho intramolecular Hbond substituents is 1. The Morgan fingerprint density at radius 3 is 2.83 bits per heavy atom. The summed E-state index contributed by atoms with van der Waals surface area (Å²) in [5, 5.41) is 14.5. The number of phenols is 1. The van der Waals surface area contributed by atoms with E-state index in [0.717, 1.165) is 46.4 Å². The lowest BCUT2D eigenvalue weighted by atomic mass is 9.81. The van der Waals surface area contributed by atoms with Gasteiger partial charge < -0.3 is 20.1 Å². The lowest BCUT2D eigenvalue weighted by molar-refractivity contribution is -0.133. The number of ether oxygens (including phenoxy) is 1. The van der Waals surface area contributed by atoms with Crippen LogP contribution in [0.1, 0.15) is 42.6 Å². The van der Waals surface area contributed by atoms with Gasteiger partial charge in [-0.05, 0) is 74.3 Å². The highest BCUT2D eigenvalue weighted by molar-refractivity contribution is 6.08. The standard InChI is InChI=1S/C28H32N4O4/c1-4-5-12-29-13-7-14-31-26(34)28(2)17-22-21-16-20(36-3)10-11-23(21)30-24(22)25(32(28)27(31)35)18-8-6-9-19(33)15-18/h4,6,8-11,15-16,25,29-30,33H,1,5,7,12-14,17H2,2-3H3/t25-,28+/m1/s1. The molecule has 0 spiro atoms. The van der Waals surface area contributed by atoms with Gasteiger partial charge in [-0.1, -0.05) is 18.2 Å². The van der Waals surface area contributed by atoms with Gasteiger partial charge in [0, 0.05) is 29.6 Å². The molecule has 3 heterocycles. The summed E-state index contributed by atoms with van der Waals surface area (Å²) in [5.74, 6) is 0.649. The van der Waals surface area contributed by atoms with E-state index in [1.54, 1.807) is 30.2 Å². The second-order valence-electron chi connectivity index (χ2n) is 9.67. The third kappa shape index (κ3) is 3.82. The number of amides is 3. The molecule has 2 atom stereocenters. The highest BCUT2D eigenvalue weighted by Crippen LogP contribution is 2.49. The van der Waals surface area contributed by atoms with Crippen LogP contribution in [0.25, 0.3) is 10.9 Å². The van der Waals surface area contributed by atoms with Gasteiger partial charge >= 0.3 is 6.03 Å². The van der Waals surface area contributed by atoms with Crippen molar-refractivity contribution < 1.29 is 19.4 Å². The summed E-state index contributed by atoms with van der Waals surface area (Å²) in [6, 6.07) is 11.9. The van der Waals surface area contributed by atoms with Crippen molar-refractivity contribution in [3.05, 3.63) is 71.9 Å². The van der Waals surface area contributed by atoms with Gasteiger partial charge in [-0.3, -0.25) is 14.6 Å². The molecule has 0 saturated carbocycles. The number of nitrogens with one attached hydrogen (secondary N) is 2. The summed E-state index contributed by atoms with van der Waals surface area (Å²) in [7, 11) is 1.63. The van der Waals surface area contributed by atoms with E-state index in [0.29, 0.717) is 25.9 Å². The average molecular weight is 489 g/mol. The summed E-state index contributed by atoms with van der Waals surface area (Å²) in [5.41, 5.74) is 2.46. The maximum atomic E-state index is 13.8. The van der Waals surface area contributed by atoms with Crippen LogP contribution >= 0.6 is 0 Å². The molecule has 2 aliphatic rings. The number of nitrogens with zero attached hydrogens (tertiary/aromatic N) is 2. The van der Waals surface area contributed by atoms with E-state index in [2.05, 4.69) is 16.9 Å². The van der Waals surface area contributed by atoms with Crippen LogP contribution in [0.3, 0.4) is 0 Å². The second kappa shape index (κ2) is 9.35. The number of rotatable bonds is 9. The lowest BCUT2D eigenvalue weighted by Gasteiger charge is -2.42. The number of fused-ring (bicyclic) bond motifs is 4. The number of urea groups is 1. The summed E-state index contributed by atoms with van der Waals surface area (Å²) in [6.07, 6.45) is 3.79. The first-order valence-corrected chi connectivity index (χ1v) is 12.3. The third-order valence-electron chi connectivity index (χ3n) is 7.32. The molecular weight excluding hydrogens is 456 g/mol. The lowest BCUT2D eigenvalue weighted by Crippen LogP contribution is -2.53. The van der Waals surface area contributed by atoms with E-state index in [1.165, 1.54) is 4.90 Å². The molecule has 3 N–H and O–H groups in total. The van der Waals surface area contributed by atoms with E-state index in [9.17, 15) is 14.7 Å². The monoisotopic (exact) mass is 488 g/mol. The number of aromatic nitrogens is 1. The summed E-state index contributed by atoms with van der Waals surface area (Å²) < 4.78 is 5.46. The first-order chi connectivity index (χ1) is 17.4. The first-order valence-electron chi connectivity index (χ1n) is 12.3. The van der Waals surface area contributed by atoms with Gasteiger partial charge in [-0.25, -0.2) is 4.79 Å². The van der Waals surface area contributed by atoms with Crippen molar-refractivity contribution in [2.75, 3.05) is 26.7 Å². The van der Waals surface area contributed by atoms with Crippen LogP contribution < -0.4 is 10.1 Å². The topological polar surface area (TPSA) is 97.9 Å². The fourth-order valence-corrected chi connectivity index (χ4v) is 5.55. The number of H-pyrrole nitrogens is 1. The van der Waals surface area contributed by atoms with Crippen LogP contribution in [0.5, 0.6) is 11.5 Å². The molecule has 188 valence electrons. The van der Waals surface area contributed by atoms with Crippen LogP contribution in [0.2, 0.25) is 0 Å². The molecule has 0 radical (unpaired) electrons. The van der Waals surface area contributed by atoms with Crippen molar-refractivity contribution in [3.8, 4) is 11.5 Å². The SMILES string of the molecule is C=CCCNCCCN1C(=O)N2[C@H](c3cccc(O)c3)c3[nH]c4ccc(OC)cc4c3C[C@@]2(C)C1=O. The molecule has 0 aliphatic carbocycles. The maximum absolute atomic E-state index is 13.8. The van der Waals surface area contributed by atoms with Crippen molar-refractivity contribution in [2.45, 2.75) is 37.8 Å². The highest BCUT2D eigenvalue weighted by atomic mass is 16.5. The molecule has 1 aromatic heterocycles. The number of imide groups is 1. The van der Waals surface area contributed by atoms with Gasteiger partial charge in [0.2, 0.25) is 0 Å². The van der Waals surface area contributed by atoms with Gasteiger partial charge in [0.05, 0.1) is 7.11 Å². The average Bonchev–Trinajstić information content (AvgIpc) is 3.31. The Morgan fingerprint density at radius 2 is 2.08 bits per heavy atom. The minimum atomic E-state index is -1.05. The molecule has 36 heavy (non-hydrogen) atoms.